The molecule has 1 rings (SSSR count). The molecule has 70 valence electrons. The van der Waals surface area contributed by atoms with Crippen molar-refractivity contribution >= 4 is 0 Å². The Morgan fingerprint density at radius 2 is 1.92 bits per heavy atom. The van der Waals surface area contributed by atoms with E-state index in [9.17, 15) is 0 Å². The van der Waals surface area contributed by atoms with Crippen molar-refractivity contribution in [2.75, 3.05) is 0 Å². The summed E-state index contributed by atoms with van der Waals surface area (Å²) in [7, 11) is 0. The average molecular weight is 167 g/mol. The molecule has 0 bridgehead atoms. The van der Waals surface area contributed by atoms with Crippen molar-refractivity contribution < 1.29 is 0 Å². The first kappa shape index (κ1) is 9.79. The Hall–Kier alpha value is -0.300. The summed E-state index contributed by atoms with van der Waals surface area (Å²) in [4.78, 5) is 0. The van der Waals surface area contributed by atoms with Gasteiger partial charge in [-0.1, -0.05) is 44.8 Å². The average Bonchev–Trinajstić information content (AvgIpc) is 2.06. The number of hydrogen-bond donors (Lipinski definition) is 1. The highest BCUT2D eigenvalue weighted by Gasteiger charge is 2.23. The van der Waals surface area contributed by atoms with Crippen LogP contribution in [0.25, 0.3) is 0 Å². The van der Waals surface area contributed by atoms with Gasteiger partial charge in [0, 0.05) is 5.54 Å². The van der Waals surface area contributed by atoms with Crippen LogP contribution in [0, 0.1) is 0 Å². The van der Waals surface area contributed by atoms with Gasteiger partial charge in [-0.15, -0.1) is 0 Å². The van der Waals surface area contributed by atoms with Crippen LogP contribution in [0.4, 0.5) is 0 Å². The van der Waals surface area contributed by atoms with E-state index in [0.29, 0.717) is 0 Å². The zero-order valence-electron chi connectivity index (χ0n) is 8.18. The van der Waals surface area contributed by atoms with Crippen molar-refractivity contribution in [2.45, 2.75) is 57.4 Å². The summed E-state index contributed by atoms with van der Waals surface area (Å²) >= 11 is 0. The molecule has 1 saturated carbocycles. The predicted molar refractivity (Wildman–Crippen MR) is 54.1 cm³/mol. The van der Waals surface area contributed by atoms with Gasteiger partial charge in [0.05, 0.1) is 0 Å². The maximum absolute atomic E-state index is 6.21. The van der Waals surface area contributed by atoms with Crippen LogP contribution in [0.3, 0.4) is 0 Å². The molecule has 1 nitrogen and oxygen atoms in total. The third-order valence-electron chi connectivity index (χ3n) is 2.69. The lowest BCUT2D eigenvalue weighted by atomic mass is 9.82. The number of allylic oxidation sites excluding steroid dienone is 1. The molecule has 0 spiro atoms. The van der Waals surface area contributed by atoms with Crippen LogP contribution in [0.15, 0.2) is 12.2 Å². The van der Waals surface area contributed by atoms with Crippen molar-refractivity contribution in [3.63, 3.8) is 0 Å². The Morgan fingerprint density at radius 1 is 1.25 bits per heavy atom. The fraction of sp³-hybridized carbons (Fsp3) is 0.818. The van der Waals surface area contributed by atoms with E-state index in [1.165, 1.54) is 44.9 Å². The SMILES string of the molecule is CCC/C=C/C1(N)CCCCC1. The van der Waals surface area contributed by atoms with Crippen LogP contribution in [0.5, 0.6) is 0 Å². The van der Waals surface area contributed by atoms with E-state index < -0.39 is 0 Å². The highest BCUT2D eigenvalue weighted by molar-refractivity contribution is 5.05. The molecule has 0 saturated heterocycles. The van der Waals surface area contributed by atoms with Crippen LogP contribution >= 0.6 is 0 Å². The lowest BCUT2D eigenvalue weighted by Gasteiger charge is -2.30. The first-order chi connectivity index (χ1) is 5.77. The second-order valence-corrected chi connectivity index (χ2v) is 3.98. The molecule has 0 aromatic heterocycles. The quantitative estimate of drug-likeness (QED) is 0.642. The van der Waals surface area contributed by atoms with Crippen LogP contribution in [-0.4, -0.2) is 5.54 Å². The molecular formula is C11H21N. The van der Waals surface area contributed by atoms with Gasteiger partial charge in [0.1, 0.15) is 0 Å². The van der Waals surface area contributed by atoms with Gasteiger partial charge in [-0.05, 0) is 19.3 Å². The Morgan fingerprint density at radius 3 is 2.50 bits per heavy atom. The van der Waals surface area contributed by atoms with Gasteiger partial charge in [-0.25, -0.2) is 0 Å². The fourth-order valence-electron chi connectivity index (χ4n) is 1.86. The Kier molecular flexibility index (Phi) is 3.80. The highest BCUT2D eigenvalue weighted by Crippen LogP contribution is 2.26. The number of unbranched alkanes of at least 4 members (excludes halogenated alkanes) is 1. The summed E-state index contributed by atoms with van der Waals surface area (Å²) in [6.07, 6.45) is 13.3. The number of nitrogens with two attached hydrogens (primary N) is 1. The summed E-state index contributed by atoms with van der Waals surface area (Å²) < 4.78 is 0. The normalized spacial score (nSPS) is 23.2. The maximum atomic E-state index is 6.21. The smallest absolute Gasteiger partial charge is 0.0339 e. The van der Waals surface area contributed by atoms with Crippen LogP contribution in [0.1, 0.15) is 51.9 Å². The van der Waals surface area contributed by atoms with E-state index in [-0.39, 0.29) is 5.54 Å². The molecule has 0 atom stereocenters. The van der Waals surface area contributed by atoms with Crippen LogP contribution in [0.2, 0.25) is 0 Å². The lowest BCUT2D eigenvalue weighted by molar-refractivity contribution is 0.358. The van der Waals surface area contributed by atoms with Gasteiger partial charge in [0.2, 0.25) is 0 Å². The minimum atomic E-state index is 0.0490. The van der Waals surface area contributed by atoms with Crippen LogP contribution in [-0.2, 0) is 0 Å². The molecule has 0 aromatic carbocycles. The summed E-state index contributed by atoms with van der Waals surface area (Å²) in [6.45, 7) is 2.20. The molecule has 1 heteroatoms. The second kappa shape index (κ2) is 4.66. The largest absolute Gasteiger partial charge is 0.322 e. The summed E-state index contributed by atoms with van der Waals surface area (Å²) in [5.41, 5.74) is 6.26. The monoisotopic (exact) mass is 167 g/mol. The maximum Gasteiger partial charge on any atom is 0.0339 e. The van der Waals surface area contributed by atoms with Crippen LogP contribution < -0.4 is 5.73 Å². The molecule has 0 aromatic rings. The van der Waals surface area contributed by atoms with Gasteiger partial charge >= 0.3 is 0 Å². The van der Waals surface area contributed by atoms with Crippen molar-refractivity contribution in [1.29, 1.82) is 0 Å². The summed E-state index contributed by atoms with van der Waals surface area (Å²) in [6, 6.07) is 0. The minimum Gasteiger partial charge on any atom is -0.322 e. The second-order valence-electron chi connectivity index (χ2n) is 3.98. The molecule has 0 radical (unpaired) electrons. The van der Waals surface area contributed by atoms with E-state index in [1.807, 2.05) is 0 Å². The summed E-state index contributed by atoms with van der Waals surface area (Å²) in [5, 5.41) is 0. The Bertz CT molecular complexity index is 143. The third kappa shape index (κ3) is 2.98. The molecule has 0 unspecified atom stereocenters. The Labute approximate surface area is 76.0 Å². The topological polar surface area (TPSA) is 26.0 Å². The molecule has 1 fully saturated rings. The van der Waals surface area contributed by atoms with Gasteiger partial charge in [-0.2, -0.15) is 0 Å². The van der Waals surface area contributed by atoms with E-state index in [2.05, 4.69) is 19.1 Å². The fourth-order valence-corrected chi connectivity index (χ4v) is 1.86. The van der Waals surface area contributed by atoms with Crippen molar-refractivity contribution in [1.82, 2.24) is 0 Å². The molecule has 1 aliphatic carbocycles. The molecule has 1 aliphatic rings. The van der Waals surface area contributed by atoms with Gasteiger partial charge in [-0.3, -0.25) is 0 Å². The van der Waals surface area contributed by atoms with E-state index in [4.69, 9.17) is 5.73 Å². The Balaban J connectivity index is 2.35. The minimum absolute atomic E-state index is 0.0490. The first-order valence-corrected chi connectivity index (χ1v) is 5.23. The predicted octanol–water partition coefficient (Wildman–Crippen LogP) is 3.00. The van der Waals surface area contributed by atoms with E-state index >= 15 is 0 Å². The molecule has 0 heterocycles. The zero-order valence-corrected chi connectivity index (χ0v) is 8.18. The van der Waals surface area contributed by atoms with E-state index in [1.54, 1.807) is 0 Å². The van der Waals surface area contributed by atoms with Crippen molar-refractivity contribution in [2.24, 2.45) is 5.73 Å². The van der Waals surface area contributed by atoms with E-state index in [0.717, 1.165) is 0 Å². The zero-order chi connectivity index (χ0) is 8.86. The summed E-state index contributed by atoms with van der Waals surface area (Å²) in [5.74, 6) is 0. The third-order valence-corrected chi connectivity index (χ3v) is 2.69. The molecule has 12 heavy (non-hydrogen) atoms. The lowest BCUT2D eigenvalue weighted by Crippen LogP contribution is -2.39. The number of hydrogen-bond acceptors (Lipinski definition) is 1. The standard InChI is InChI=1S/C11H21N/c1-2-3-5-8-11(12)9-6-4-7-10-11/h5,8H,2-4,6-7,9-10,12H2,1H3/b8-5+. The molecule has 2 N–H and O–H groups in total. The van der Waals surface area contributed by atoms with Gasteiger partial charge in [0.25, 0.3) is 0 Å². The van der Waals surface area contributed by atoms with Crippen molar-refractivity contribution in [3.8, 4) is 0 Å². The van der Waals surface area contributed by atoms with Crippen molar-refractivity contribution in [3.05, 3.63) is 12.2 Å². The van der Waals surface area contributed by atoms with Gasteiger partial charge < -0.3 is 5.73 Å². The highest BCUT2D eigenvalue weighted by atomic mass is 14.7. The molecule has 0 amide bonds. The number of rotatable bonds is 3. The molecular weight excluding hydrogens is 146 g/mol. The van der Waals surface area contributed by atoms with Gasteiger partial charge in [0.15, 0.2) is 0 Å². The first-order valence-electron chi connectivity index (χ1n) is 5.23. The molecule has 0 aliphatic heterocycles.